The minimum Gasteiger partial charge on any atom is -0.361 e. The highest BCUT2D eigenvalue weighted by Crippen LogP contribution is 2.31. The highest BCUT2D eigenvalue weighted by molar-refractivity contribution is 7.93. The van der Waals surface area contributed by atoms with Gasteiger partial charge in [0.25, 0.3) is 0 Å². The number of sulfone groups is 1. The molecule has 1 aromatic carbocycles. The van der Waals surface area contributed by atoms with Gasteiger partial charge in [0.05, 0.1) is 0 Å². The molecule has 0 aliphatic heterocycles. The first-order chi connectivity index (χ1) is 8.03. The Bertz CT molecular complexity index is 723. The Morgan fingerprint density at radius 1 is 1.24 bits per heavy atom. The van der Waals surface area contributed by atoms with E-state index in [0.717, 1.165) is 23.9 Å². The fourth-order valence-electron chi connectivity index (χ4n) is 2.56. The van der Waals surface area contributed by atoms with Gasteiger partial charge in [0.1, 0.15) is 0 Å². The van der Waals surface area contributed by atoms with Crippen LogP contribution in [0.4, 0.5) is 0 Å². The summed E-state index contributed by atoms with van der Waals surface area (Å²) in [6, 6.07) is 6.11. The second kappa shape index (κ2) is 3.47. The smallest absolute Gasteiger partial charge is 0.168 e. The van der Waals surface area contributed by atoms with Gasteiger partial charge in [-0.25, -0.2) is 8.42 Å². The Labute approximate surface area is 100 Å². The van der Waals surface area contributed by atoms with Gasteiger partial charge in [-0.05, 0) is 30.0 Å². The number of hydrogen-bond donors (Lipinski definition) is 1. The van der Waals surface area contributed by atoms with E-state index in [-0.39, 0.29) is 0 Å². The van der Waals surface area contributed by atoms with Crippen molar-refractivity contribution in [1.82, 2.24) is 4.98 Å². The molecule has 1 aromatic heterocycles. The quantitative estimate of drug-likeness (QED) is 0.839. The SMILES string of the molecule is CS(=O)(=O)/C=C1/Cc2cccc3[nH]cc(c23)C1. The lowest BCUT2D eigenvalue weighted by Crippen LogP contribution is -2.05. The summed E-state index contributed by atoms with van der Waals surface area (Å²) in [5.74, 6) is 0. The van der Waals surface area contributed by atoms with Crippen molar-refractivity contribution in [3.63, 3.8) is 0 Å². The van der Waals surface area contributed by atoms with Gasteiger partial charge >= 0.3 is 0 Å². The summed E-state index contributed by atoms with van der Waals surface area (Å²) in [6.07, 6.45) is 4.68. The first kappa shape index (κ1) is 10.6. The molecule has 88 valence electrons. The summed E-state index contributed by atoms with van der Waals surface area (Å²) in [5, 5.41) is 2.67. The zero-order chi connectivity index (χ0) is 12.0. The molecular formula is C13H13NO2S. The number of H-pyrrole nitrogens is 1. The van der Waals surface area contributed by atoms with Crippen LogP contribution in [0.25, 0.3) is 10.9 Å². The number of nitrogens with one attached hydrogen (secondary N) is 1. The Kier molecular flexibility index (Phi) is 2.16. The predicted octanol–water partition coefficient (Wildman–Crippen LogP) is 2.20. The lowest BCUT2D eigenvalue weighted by Gasteiger charge is -2.15. The van der Waals surface area contributed by atoms with E-state index in [1.807, 2.05) is 18.3 Å². The molecule has 0 bridgehead atoms. The van der Waals surface area contributed by atoms with Crippen LogP contribution in [0.3, 0.4) is 0 Å². The van der Waals surface area contributed by atoms with Crippen LogP contribution < -0.4 is 0 Å². The van der Waals surface area contributed by atoms with Crippen LogP contribution in [-0.4, -0.2) is 19.7 Å². The molecule has 0 amide bonds. The number of hydrogen-bond acceptors (Lipinski definition) is 2. The summed E-state index contributed by atoms with van der Waals surface area (Å²) in [6.45, 7) is 0. The monoisotopic (exact) mass is 247 g/mol. The van der Waals surface area contributed by atoms with Gasteiger partial charge in [0.15, 0.2) is 9.84 Å². The average molecular weight is 247 g/mol. The summed E-state index contributed by atoms with van der Waals surface area (Å²) in [4.78, 5) is 3.23. The minimum atomic E-state index is -3.05. The molecule has 0 radical (unpaired) electrons. The minimum absolute atomic E-state index is 0.726. The molecule has 0 saturated carbocycles. The molecule has 0 saturated heterocycles. The van der Waals surface area contributed by atoms with Gasteiger partial charge in [-0.1, -0.05) is 17.7 Å². The highest BCUT2D eigenvalue weighted by atomic mass is 32.2. The average Bonchev–Trinajstić information content (AvgIpc) is 2.61. The van der Waals surface area contributed by atoms with Gasteiger partial charge in [-0.2, -0.15) is 0 Å². The van der Waals surface area contributed by atoms with Crippen molar-refractivity contribution in [2.45, 2.75) is 12.8 Å². The molecule has 0 unspecified atom stereocenters. The Balaban J connectivity index is 2.16. The molecule has 2 aromatic rings. The third-order valence-electron chi connectivity index (χ3n) is 3.09. The standard InChI is InChI=1S/C13H13NO2S/c1-17(15,16)8-9-5-10-3-2-4-12-13(10)11(6-9)7-14-12/h2-4,7-8,14H,5-6H2,1H3/b9-8-. The van der Waals surface area contributed by atoms with E-state index in [4.69, 9.17) is 0 Å². The number of rotatable bonds is 1. The molecule has 4 heteroatoms. The van der Waals surface area contributed by atoms with Crippen molar-refractivity contribution in [3.8, 4) is 0 Å². The Hall–Kier alpha value is -1.55. The van der Waals surface area contributed by atoms with Crippen LogP contribution in [0.2, 0.25) is 0 Å². The second-order valence-electron chi connectivity index (χ2n) is 4.61. The van der Waals surface area contributed by atoms with Crippen LogP contribution >= 0.6 is 0 Å². The van der Waals surface area contributed by atoms with E-state index < -0.39 is 9.84 Å². The van der Waals surface area contributed by atoms with Gasteiger partial charge < -0.3 is 4.98 Å². The maximum Gasteiger partial charge on any atom is 0.168 e. The highest BCUT2D eigenvalue weighted by Gasteiger charge is 2.17. The normalized spacial score (nSPS) is 17.8. The zero-order valence-electron chi connectivity index (χ0n) is 9.53. The van der Waals surface area contributed by atoms with Crippen molar-refractivity contribution in [2.75, 3.05) is 6.26 Å². The molecule has 1 N–H and O–H groups in total. The number of aromatic nitrogens is 1. The molecule has 3 nitrogen and oxygen atoms in total. The molecular weight excluding hydrogens is 234 g/mol. The van der Waals surface area contributed by atoms with Crippen molar-refractivity contribution in [3.05, 3.63) is 46.5 Å². The van der Waals surface area contributed by atoms with Crippen molar-refractivity contribution in [1.29, 1.82) is 0 Å². The lowest BCUT2D eigenvalue weighted by atomic mass is 9.90. The number of allylic oxidation sites excluding steroid dienone is 1. The van der Waals surface area contributed by atoms with E-state index in [9.17, 15) is 8.42 Å². The molecule has 0 fully saturated rings. The first-order valence-corrected chi connectivity index (χ1v) is 7.46. The van der Waals surface area contributed by atoms with Crippen molar-refractivity contribution < 1.29 is 8.42 Å². The molecule has 17 heavy (non-hydrogen) atoms. The second-order valence-corrected chi connectivity index (χ2v) is 6.51. The number of aromatic amines is 1. The van der Waals surface area contributed by atoms with Crippen LogP contribution in [0.15, 0.2) is 35.4 Å². The van der Waals surface area contributed by atoms with Crippen LogP contribution in [0.5, 0.6) is 0 Å². The van der Waals surface area contributed by atoms with Crippen LogP contribution in [-0.2, 0) is 22.7 Å². The molecule has 1 aliphatic carbocycles. The first-order valence-electron chi connectivity index (χ1n) is 5.50. The van der Waals surface area contributed by atoms with Crippen LogP contribution in [0.1, 0.15) is 11.1 Å². The zero-order valence-corrected chi connectivity index (χ0v) is 10.3. The Morgan fingerprint density at radius 2 is 2.00 bits per heavy atom. The molecule has 0 atom stereocenters. The predicted molar refractivity (Wildman–Crippen MR) is 68.6 cm³/mol. The topological polar surface area (TPSA) is 49.9 Å². The van der Waals surface area contributed by atoms with E-state index in [1.54, 1.807) is 0 Å². The number of benzene rings is 1. The molecule has 0 spiro atoms. The maximum atomic E-state index is 11.3. The van der Waals surface area contributed by atoms with Gasteiger partial charge in [0, 0.05) is 28.8 Å². The lowest BCUT2D eigenvalue weighted by molar-refractivity contribution is 0.609. The third-order valence-corrected chi connectivity index (χ3v) is 3.85. The van der Waals surface area contributed by atoms with Crippen LogP contribution in [0, 0.1) is 0 Å². The summed E-state index contributed by atoms with van der Waals surface area (Å²) >= 11 is 0. The molecule has 3 rings (SSSR count). The third kappa shape index (κ3) is 1.89. The van der Waals surface area contributed by atoms with E-state index >= 15 is 0 Å². The fourth-order valence-corrected chi connectivity index (χ4v) is 3.33. The Morgan fingerprint density at radius 3 is 2.76 bits per heavy atom. The van der Waals surface area contributed by atoms with E-state index in [1.165, 1.54) is 28.2 Å². The molecule has 1 aliphatic rings. The fraction of sp³-hybridized carbons (Fsp3) is 0.231. The summed E-state index contributed by atoms with van der Waals surface area (Å²) < 4.78 is 22.6. The van der Waals surface area contributed by atoms with Crippen molar-refractivity contribution in [2.24, 2.45) is 0 Å². The van der Waals surface area contributed by atoms with E-state index in [2.05, 4.69) is 11.1 Å². The van der Waals surface area contributed by atoms with Crippen molar-refractivity contribution >= 4 is 20.7 Å². The largest absolute Gasteiger partial charge is 0.361 e. The molecule has 1 heterocycles. The van der Waals surface area contributed by atoms with E-state index in [0.29, 0.717) is 0 Å². The summed E-state index contributed by atoms with van der Waals surface area (Å²) in [5.41, 5.74) is 4.50. The maximum absolute atomic E-state index is 11.3. The van der Waals surface area contributed by atoms with Gasteiger partial charge in [-0.15, -0.1) is 0 Å². The van der Waals surface area contributed by atoms with Gasteiger partial charge in [-0.3, -0.25) is 0 Å². The van der Waals surface area contributed by atoms with Gasteiger partial charge in [0.2, 0.25) is 0 Å². The summed E-state index contributed by atoms with van der Waals surface area (Å²) in [7, 11) is -3.05.